The van der Waals surface area contributed by atoms with E-state index in [1.54, 1.807) is 12.1 Å². The van der Waals surface area contributed by atoms with Crippen LogP contribution in [0, 0.1) is 0 Å². The number of benzene rings is 2. The third-order valence-electron chi connectivity index (χ3n) is 3.80. The van der Waals surface area contributed by atoms with Gasteiger partial charge in [0.2, 0.25) is 10.0 Å². The van der Waals surface area contributed by atoms with Gasteiger partial charge in [0.1, 0.15) is 30.1 Å². The van der Waals surface area contributed by atoms with Crippen molar-refractivity contribution < 1.29 is 27.8 Å². The van der Waals surface area contributed by atoms with E-state index in [1.807, 2.05) is 0 Å². The number of nitrogens with zero attached hydrogens (tertiary/aromatic N) is 4. The van der Waals surface area contributed by atoms with Crippen molar-refractivity contribution in [1.82, 2.24) is 24.9 Å². The molecule has 29 heavy (non-hydrogen) atoms. The molecule has 0 unspecified atom stereocenters. The van der Waals surface area contributed by atoms with E-state index >= 15 is 0 Å². The van der Waals surface area contributed by atoms with Gasteiger partial charge in [0.05, 0.1) is 17.6 Å². The first-order valence-electron chi connectivity index (χ1n) is 8.28. The smallest absolute Gasteiger partial charge is 0.335 e. The minimum atomic E-state index is -3.84. The topological polar surface area (TPSA) is 146 Å². The predicted octanol–water partition coefficient (Wildman–Crippen LogP) is 0.726. The number of carboxylic acids is 1. The molecule has 0 saturated carbocycles. The lowest BCUT2D eigenvalue weighted by molar-refractivity contribution is 0.0696. The molecule has 3 aromatic rings. The number of tetrazole rings is 1. The van der Waals surface area contributed by atoms with Crippen molar-refractivity contribution in [3.05, 3.63) is 54.4 Å². The van der Waals surface area contributed by atoms with Crippen LogP contribution in [0.4, 0.5) is 0 Å². The first-order chi connectivity index (χ1) is 13.9. The van der Waals surface area contributed by atoms with E-state index in [1.165, 1.54) is 48.5 Å². The molecule has 152 valence electrons. The molecule has 2 aromatic carbocycles. The van der Waals surface area contributed by atoms with Crippen molar-refractivity contribution >= 4 is 16.0 Å². The SMILES string of the molecule is COc1ccc(S(=O)(=O)NCCOc2cccc(C(=O)O)c2)cc1-n1cnnn1. The summed E-state index contributed by atoms with van der Waals surface area (Å²) in [6, 6.07) is 10.2. The van der Waals surface area contributed by atoms with Crippen molar-refractivity contribution in [1.29, 1.82) is 0 Å². The number of ether oxygens (including phenoxy) is 2. The molecule has 0 spiro atoms. The van der Waals surface area contributed by atoms with E-state index in [0.717, 1.165) is 0 Å². The van der Waals surface area contributed by atoms with Crippen molar-refractivity contribution in [2.45, 2.75) is 4.90 Å². The first-order valence-corrected chi connectivity index (χ1v) is 9.76. The number of hydrogen-bond acceptors (Lipinski definition) is 8. The van der Waals surface area contributed by atoms with E-state index in [0.29, 0.717) is 17.2 Å². The molecule has 11 nitrogen and oxygen atoms in total. The summed E-state index contributed by atoms with van der Waals surface area (Å²) in [7, 11) is -2.39. The maximum absolute atomic E-state index is 12.6. The summed E-state index contributed by atoms with van der Waals surface area (Å²) in [5, 5.41) is 19.8. The number of nitrogens with one attached hydrogen (secondary N) is 1. The van der Waals surface area contributed by atoms with Gasteiger partial charge in [-0.1, -0.05) is 6.07 Å². The van der Waals surface area contributed by atoms with Gasteiger partial charge in [-0.2, -0.15) is 4.68 Å². The molecular formula is C17H17N5O6S. The van der Waals surface area contributed by atoms with Crippen molar-refractivity contribution in [2.75, 3.05) is 20.3 Å². The summed E-state index contributed by atoms with van der Waals surface area (Å²) in [6.45, 7) is -0.00974. The molecule has 0 aliphatic rings. The third kappa shape index (κ3) is 4.86. The van der Waals surface area contributed by atoms with E-state index in [9.17, 15) is 13.2 Å². The van der Waals surface area contributed by atoms with Crippen LogP contribution in [0.5, 0.6) is 11.5 Å². The van der Waals surface area contributed by atoms with Crippen LogP contribution in [0.1, 0.15) is 10.4 Å². The van der Waals surface area contributed by atoms with Gasteiger partial charge in [0.25, 0.3) is 0 Å². The Bertz CT molecular complexity index is 1100. The highest BCUT2D eigenvalue weighted by molar-refractivity contribution is 7.89. The van der Waals surface area contributed by atoms with Crippen LogP contribution in [-0.2, 0) is 10.0 Å². The monoisotopic (exact) mass is 419 g/mol. The fraction of sp³-hybridized carbons (Fsp3) is 0.176. The largest absolute Gasteiger partial charge is 0.494 e. The highest BCUT2D eigenvalue weighted by Gasteiger charge is 2.17. The molecule has 0 radical (unpaired) electrons. The van der Waals surface area contributed by atoms with Gasteiger partial charge < -0.3 is 14.6 Å². The lowest BCUT2D eigenvalue weighted by Crippen LogP contribution is -2.28. The number of carboxylic acid groups (broad SMARTS) is 1. The summed E-state index contributed by atoms with van der Waals surface area (Å²) in [6.07, 6.45) is 1.32. The van der Waals surface area contributed by atoms with Crippen molar-refractivity contribution in [3.8, 4) is 17.2 Å². The molecule has 12 heteroatoms. The minimum absolute atomic E-state index is 0.00308. The average molecular weight is 419 g/mol. The molecule has 0 aliphatic carbocycles. The average Bonchev–Trinajstić information content (AvgIpc) is 3.25. The fourth-order valence-corrected chi connectivity index (χ4v) is 3.47. The second kappa shape index (κ2) is 8.67. The van der Waals surface area contributed by atoms with Crippen LogP contribution in [0.15, 0.2) is 53.7 Å². The fourth-order valence-electron chi connectivity index (χ4n) is 2.43. The lowest BCUT2D eigenvalue weighted by Gasteiger charge is -2.12. The number of hydrogen-bond donors (Lipinski definition) is 2. The van der Waals surface area contributed by atoms with E-state index in [2.05, 4.69) is 20.2 Å². The molecule has 1 heterocycles. The number of rotatable bonds is 9. The van der Waals surface area contributed by atoms with Crippen molar-refractivity contribution in [2.24, 2.45) is 0 Å². The Morgan fingerprint density at radius 3 is 2.76 bits per heavy atom. The van der Waals surface area contributed by atoms with Crippen molar-refractivity contribution in [3.63, 3.8) is 0 Å². The molecular weight excluding hydrogens is 402 g/mol. The summed E-state index contributed by atoms with van der Waals surface area (Å²) in [5.41, 5.74) is 0.443. The van der Waals surface area contributed by atoms with Gasteiger partial charge in [-0.15, -0.1) is 5.10 Å². The number of methoxy groups -OCH3 is 1. The predicted molar refractivity (Wildman–Crippen MR) is 99.8 cm³/mol. The number of sulfonamides is 1. The van der Waals surface area contributed by atoms with Gasteiger partial charge in [0, 0.05) is 6.54 Å². The summed E-state index contributed by atoms with van der Waals surface area (Å²) in [4.78, 5) is 11.0. The second-order valence-electron chi connectivity index (χ2n) is 5.67. The zero-order chi connectivity index (χ0) is 20.9. The Hall–Kier alpha value is -3.51. The first kappa shape index (κ1) is 20.2. The second-order valence-corrected chi connectivity index (χ2v) is 7.43. The molecule has 1 aromatic heterocycles. The van der Waals surface area contributed by atoms with Gasteiger partial charge in [-0.05, 0) is 46.8 Å². The minimum Gasteiger partial charge on any atom is -0.494 e. The maximum Gasteiger partial charge on any atom is 0.335 e. The Kier molecular flexibility index (Phi) is 6.04. The molecule has 0 amide bonds. The Balaban J connectivity index is 1.66. The van der Waals surface area contributed by atoms with E-state index in [4.69, 9.17) is 14.6 Å². The van der Waals surface area contributed by atoms with Gasteiger partial charge in [0.15, 0.2) is 0 Å². The third-order valence-corrected chi connectivity index (χ3v) is 5.26. The molecule has 0 atom stereocenters. The summed E-state index contributed by atoms with van der Waals surface area (Å²) in [5.74, 6) is -0.346. The number of aromatic nitrogens is 4. The highest BCUT2D eigenvalue weighted by atomic mass is 32.2. The highest BCUT2D eigenvalue weighted by Crippen LogP contribution is 2.25. The Morgan fingerprint density at radius 1 is 1.24 bits per heavy atom. The quantitative estimate of drug-likeness (QED) is 0.479. The van der Waals surface area contributed by atoms with Crippen LogP contribution in [-0.4, -0.2) is 60.0 Å². The molecule has 2 N–H and O–H groups in total. The summed E-state index contributed by atoms with van der Waals surface area (Å²) >= 11 is 0. The Morgan fingerprint density at radius 2 is 2.07 bits per heavy atom. The molecule has 0 saturated heterocycles. The molecule has 0 fully saturated rings. The van der Waals surface area contributed by atoms with Crippen LogP contribution in [0.2, 0.25) is 0 Å². The Labute approximate surface area is 165 Å². The number of aromatic carboxylic acids is 1. The van der Waals surface area contributed by atoms with Crippen LogP contribution >= 0.6 is 0 Å². The van der Waals surface area contributed by atoms with Gasteiger partial charge >= 0.3 is 5.97 Å². The van der Waals surface area contributed by atoms with Crippen LogP contribution < -0.4 is 14.2 Å². The molecule has 0 aliphatic heterocycles. The van der Waals surface area contributed by atoms with E-state index < -0.39 is 16.0 Å². The molecule has 3 rings (SSSR count). The summed E-state index contributed by atoms with van der Waals surface area (Å²) < 4.78 is 39.5. The standard InChI is InChI=1S/C17H17N5O6S/c1-27-16-6-5-14(10-15(16)22-11-18-20-21-22)29(25,26)19-7-8-28-13-4-2-3-12(9-13)17(23)24/h2-6,9-11,19H,7-8H2,1H3,(H,23,24). The van der Waals surface area contributed by atoms with Crippen LogP contribution in [0.3, 0.4) is 0 Å². The zero-order valence-electron chi connectivity index (χ0n) is 15.2. The number of carbonyl (C=O) groups is 1. The normalized spacial score (nSPS) is 11.2. The van der Waals surface area contributed by atoms with Crippen LogP contribution in [0.25, 0.3) is 5.69 Å². The van der Waals surface area contributed by atoms with E-state index in [-0.39, 0.29) is 23.6 Å². The van der Waals surface area contributed by atoms with Gasteiger partial charge in [-0.25, -0.2) is 17.9 Å². The molecule has 0 bridgehead atoms. The zero-order valence-corrected chi connectivity index (χ0v) is 16.0. The lowest BCUT2D eigenvalue weighted by atomic mass is 10.2. The maximum atomic E-state index is 12.6. The van der Waals surface area contributed by atoms with Gasteiger partial charge in [-0.3, -0.25) is 0 Å².